The Balaban J connectivity index is 1.53. The third kappa shape index (κ3) is 4.83. The number of amides is 1. The van der Waals surface area contributed by atoms with Gasteiger partial charge in [-0.25, -0.2) is 9.61 Å². The highest BCUT2D eigenvalue weighted by atomic mass is 32.2. The van der Waals surface area contributed by atoms with Gasteiger partial charge in [0.1, 0.15) is 5.52 Å². The van der Waals surface area contributed by atoms with Crippen molar-refractivity contribution in [1.29, 1.82) is 0 Å². The highest BCUT2D eigenvalue weighted by Gasteiger charge is 2.14. The largest absolute Gasteiger partial charge is 0.325 e. The molecule has 0 aliphatic rings. The Hall–Kier alpha value is -3.04. The molecule has 0 aliphatic carbocycles. The lowest BCUT2D eigenvalue weighted by atomic mass is 10.1. The van der Waals surface area contributed by atoms with E-state index in [1.165, 1.54) is 21.8 Å². The molecule has 0 bridgehead atoms. The van der Waals surface area contributed by atoms with Gasteiger partial charge in [-0.3, -0.25) is 9.59 Å². The van der Waals surface area contributed by atoms with Crippen molar-refractivity contribution in [3.05, 3.63) is 70.5 Å². The van der Waals surface area contributed by atoms with Crippen LogP contribution in [-0.4, -0.2) is 37.7 Å². The molecule has 0 aliphatic heterocycles. The number of benzene rings is 2. The predicted octanol–water partition coefficient (Wildman–Crippen LogP) is 4.10. The second-order valence-electron chi connectivity index (χ2n) is 6.78. The van der Waals surface area contributed by atoms with E-state index in [1.54, 1.807) is 17.8 Å². The van der Waals surface area contributed by atoms with Crippen LogP contribution in [0.1, 0.15) is 12.5 Å². The van der Waals surface area contributed by atoms with Gasteiger partial charge in [-0.05, 0) is 42.5 Å². The molecule has 0 saturated heterocycles. The summed E-state index contributed by atoms with van der Waals surface area (Å²) in [6, 6.07) is 17.5. The minimum absolute atomic E-state index is 0.137. The fourth-order valence-electron chi connectivity index (χ4n) is 3.07. The first kappa shape index (κ1) is 21.2. The summed E-state index contributed by atoms with van der Waals surface area (Å²) in [5.74, 6) is -0.0233. The number of nitrogens with zero attached hydrogens (tertiary/aromatic N) is 3. The molecule has 0 radical (unpaired) electrons. The van der Waals surface area contributed by atoms with E-state index < -0.39 is 0 Å². The van der Waals surface area contributed by atoms with Crippen LogP contribution < -0.4 is 10.9 Å². The summed E-state index contributed by atoms with van der Waals surface area (Å²) in [6.07, 6.45) is 2.94. The molecule has 7 nitrogen and oxygen atoms in total. The maximum Gasteiger partial charge on any atom is 0.290 e. The number of hydrogen-bond donors (Lipinski definition) is 2. The molecule has 0 saturated carbocycles. The lowest BCUT2D eigenvalue weighted by molar-refractivity contribution is -0.113. The molecular formula is C22H21N5O2S2. The van der Waals surface area contributed by atoms with Crippen LogP contribution in [0.4, 0.5) is 5.69 Å². The van der Waals surface area contributed by atoms with Gasteiger partial charge in [-0.2, -0.15) is 5.10 Å². The highest BCUT2D eigenvalue weighted by Crippen LogP contribution is 2.23. The molecule has 158 valence electrons. The summed E-state index contributed by atoms with van der Waals surface area (Å²) in [5.41, 5.74) is 3.64. The number of aryl methyl sites for hydroxylation is 1. The zero-order valence-electron chi connectivity index (χ0n) is 17.1. The maximum atomic E-state index is 12.4. The summed E-state index contributed by atoms with van der Waals surface area (Å²) in [4.78, 5) is 25.7. The molecule has 2 aromatic carbocycles. The van der Waals surface area contributed by atoms with Crippen LogP contribution in [-0.2, 0) is 11.2 Å². The molecule has 0 fully saturated rings. The smallest absolute Gasteiger partial charge is 0.290 e. The number of anilines is 1. The lowest BCUT2D eigenvalue weighted by Crippen LogP contribution is -2.17. The van der Waals surface area contributed by atoms with Gasteiger partial charge >= 0.3 is 0 Å². The molecule has 0 spiro atoms. The quantitative estimate of drug-likeness (QED) is 0.411. The summed E-state index contributed by atoms with van der Waals surface area (Å²) in [7, 11) is 0. The molecule has 9 heteroatoms. The molecule has 2 N–H and O–H groups in total. The highest BCUT2D eigenvalue weighted by molar-refractivity contribution is 7.99. The molecule has 2 heterocycles. The van der Waals surface area contributed by atoms with Crippen molar-refractivity contribution in [2.24, 2.45) is 0 Å². The number of hydrogen-bond acceptors (Lipinski definition) is 6. The molecule has 0 unspecified atom stereocenters. The number of nitrogens with one attached hydrogen (secondary N) is 2. The number of H-pyrrole nitrogens is 1. The zero-order valence-corrected chi connectivity index (χ0v) is 18.7. The zero-order chi connectivity index (χ0) is 21.8. The molecule has 31 heavy (non-hydrogen) atoms. The van der Waals surface area contributed by atoms with Gasteiger partial charge in [0.2, 0.25) is 11.1 Å². The van der Waals surface area contributed by atoms with E-state index >= 15 is 0 Å². The van der Waals surface area contributed by atoms with Crippen molar-refractivity contribution in [2.75, 3.05) is 17.3 Å². The van der Waals surface area contributed by atoms with Gasteiger partial charge in [0.05, 0.1) is 11.4 Å². The predicted molar refractivity (Wildman–Crippen MR) is 126 cm³/mol. The van der Waals surface area contributed by atoms with Crippen LogP contribution in [0.2, 0.25) is 0 Å². The maximum absolute atomic E-state index is 12.4. The van der Waals surface area contributed by atoms with Crippen molar-refractivity contribution in [3.63, 3.8) is 0 Å². The van der Waals surface area contributed by atoms with Crippen LogP contribution in [0.15, 0.2) is 69.4 Å². The van der Waals surface area contributed by atoms with E-state index in [-0.39, 0.29) is 17.2 Å². The van der Waals surface area contributed by atoms with Gasteiger partial charge in [0.25, 0.3) is 5.56 Å². The van der Waals surface area contributed by atoms with Gasteiger partial charge in [-0.1, -0.05) is 49.0 Å². The van der Waals surface area contributed by atoms with E-state index in [0.717, 1.165) is 22.6 Å². The third-order valence-corrected chi connectivity index (χ3v) is 6.37. The minimum atomic E-state index is -0.327. The van der Waals surface area contributed by atoms with Gasteiger partial charge in [-0.15, -0.1) is 16.9 Å². The number of rotatable bonds is 7. The summed E-state index contributed by atoms with van der Waals surface area (Å²) in [5, 5.41) is 14.5. The summed E-state index contributed by atoms with van der Waals surface area (Å²) >= 11 is 2.83. The molecule has 0 atom stereocenters. The topological polar surface area (TPSA) is 92.1 Å². The Kier molecular flexibility index (Phi) is 6.43. The van der Waals surface area contributed by atoms with Gasteiger partial charge < -0.3 is 5.32 Å². The SMILES string of the molecule is CCc1ccc(-c2cc3c(=O)[nH]nc(SCC(=O)Nc4cccc(SC)c4)n3n2)cc1. The first-order chi connectivity index (χ1) is 15.1. The first-order valence-electron chi connectivity index (χ1n) is 9.72. The molecule has 4 aromatic rings. The summed E-state index contributed by atoms with van der Waals surface area (Å²) in [6.45, 7) is 2.10. The van der Waals surface area contributed by atoms with Crippen molar-refractivity contribution >= 4 is 40.6 Å². The normalized spacial score (nSPS) is 11.0. The van der Waals surface area contributed by atoms with Crippen molar-refractivity contribution in [1.82, 2.24) is 19.8 Å². The van der Waals surface area contributed by atoms with E-state index in [0.29, 0.717) is 16.4 Å². The van der Waals surface area contributed by atoms with Crippen molar-refractivity contribution in [3.8, 4) is 11.3 Å². The van der Waals surface area contributed by atoms with Crippen molar-refractivity contribution in [2.45, 2.75) is 23.4 Å². The number of carbonyl (C=O) groups is 1. The number of carbonyl (C=O) groups excluding carboxylic acids is 1. The van der Waals surface area contributed by atoms with Crippen molar-refractivity contribution < 1.29 is 4.79 Å². The number of aromatic amines is 1. The number of thioether (sulfide) groups is 2. The fraction of sp³-hybridized carbons (Fsp3) is 0.182. The first-order valence-corrected chi connectivity index (χ1v) is 11.9. The third-order valence-electron chi connectivity index (χ3n) is 4.72. The molecule has 1 amide bonds. The van der Waals surface area contributed by atoms with E-state index in [1.807, 2.05) is 54.8 Å². The van der Waals surface area contributed by atoms with Gasteiger partial charge in [0.15, 0.2) is 0 Å². The average Bonchev–Trinajstić information content (AvgIpc) is 3.25. The van der Waals surface area contributed by atoms with Gasteiger partial charge in [0, 0.05) is 16.1 Å². The number of fused-ring (bicyclic) bond motifs is 1. The van der Waals surface area contributed by atoms with E-state index in [2.05, 4.69) is 27.5 Å². The number of aromatic nitrogens is 4. The second-order valence-corrected chi connectivity index (χ2v) is 8.60. The van der Waals surface area contributed by atoms with Crippen LogP contribution >= 0.6 is 23.5 Å². The average molecular weight is 452 g/mol. The van der Waals surface area contributed by atoms with Crippen LogP contribution in [0.5, 0.6) is 0 Å². The van der Waals surface area contributed by atoms with Crippen LogP contribution in [0.25, 0.3) is 16.8 Å². The molecular weight excluding hydrogens is 430 g/mol. The Bertz CT molecular complexity index is 1280. The monoisotopic (exact) mass is 451 g/mol. The minimum Gasteiger partial charge on any atom is -0.325 e. The lowest BCUT2D eigenvalue weighted by Gasteiger charge is -2.06. The summed E-state index contributed by atoms with van der Waals surface area (Å²) < 4.78 is 1.49. The van der Waals surface area contributed by atoms with E-state index in [9.17, 15) is 9.59 Å². The Morgan fingerprint density at radius 2 is 1.97 bits per heavy atom. The Morgan fingerprint density at radius 3 is 2.71 bits per heavy atom. The van der Waals surface area contributed by atoms with Crippen LogP contribution in [0.3, 0.4) is 0 Å². The molecule has 2 aromatic heterocycles. The van der Waals surface area contributed by atoms with E-state index in [4.69, 9.17) is 0 Å². The fourth-order valence-corrected chi connectivity index (χ4v) is 4.23. The Morgan fingerprint density at radius 1 is 1.16 bits per heavy atom. The molecule has 4 rings (SSSR count). The standard InChI is InChI=1S/C22H21N5O2S2/c1-3-14-7-9-15(10-8-14)18-12-19-21(29)24-25-22(27(19)26-18)31-13-20(28)23-16-5-4-6-17(11-16)30-2/h4-12H,3,13H2,1-2H3,(H,23,28)(H,24,29). The second kappa shape index (κ2) is 9.40. The Labute approximate surface area is 187 Å². The van der Waals surface area contributed by atoms with Crippen LogP contribution in [0, 0.1) is 0 Å².